The number of aryl methyl sites for hydroxylation is 1. The average molecular weight is 294 g/mol. The lowest BCUT2D eigenvalue weighted by molar-refractivity contribution is -0.149. The number of amides is 1. The molecule has 21 heavy (non-hydrogen) atoms. The van der Waals surface area contributed by atoms with E-state index in [1.54, 1.807) is 25.3 Å². The number of nitrogens with one attached hydrogen (secondary N) is 1. The Morgan fingerprint density at radius 1 is 1.52 bits per heavy atom. The van der Waals surface area contributed by atoms with E-state index in [1.807, 2.05) is 0 Å². The van der Waals surface area contributed by atoms with Gasteiger partial charge in [0.25, 0.3) is 5.56 Å². The summed E-state index contributed by atoms with van der Waals surface area (Å²) >= 11 is 0. The quantitative estimate of drug-likeness (QED) is 0.786. The number of carbonyl (C=O) groups is 2. The second-order valence-electron chi connectivity index (χ2n) is 5.34. The lowest BCUT2D eigenvalue weighted by atomic mass is 9.85. The standard InChI is InChI=1S/C14H18N2O5/c1-14(13(19)20)9-21-8-10(14)15-11(17)5-7-16-6-3-2-4-12(16)18/h2-4,6,10H,5,7-9H2,1H3,(H,15,17)(H,19,20). The van der Waals surface area contributed by atoms with Gasteiger partial charge in [0, 0.05) is 25.2 Å². The first-order valence-electron chi connectivity index (χ1n) is 6.69. The summed E-state index contributed by atoms with van der Waals surface area (Å²) in [6, 6.07) is 4.21. The minimum Gasteiger partial charge on any atom is -0.481 e. The summed E-state index contributed by atoms with van der Waals surface area (Å²) in [6.07, 6.45) is 1.71. The molecule has 1 amide bonds. The summed E-state index contributed by atoms with van der Waals surface area (Å²) in [4.78, 5) is 34.7. The monoisotopic (exact) mass is 294 g/mol. The van der Waals surface area contributed by atoms with Gasteiger partial charge in [-0.2, -0.15) is 0 Å². The number of aromatic nitrogens is 1. The van der Waals surface area contributed by atoms with Crippen LogP contribution in [0.25, 0.3) is 0 Å². The van der Waals surface area contributed by atoms with Gasteiger partial charge in [0.1, 0.15) is 5.41 Å². The van der Waals surface area contributed by atoms with Gasteiger partial charge in [0.2, 0.25) is 5.91 Å². The third kappa shape index (κ3) is 3.30. The molecule has 1 aromatic heterocycles. The Hall–Kier alpha value is -2.15. The molecule has 1 aromatic rings. The number of rotatable bonds is 5. The molecule has 2 unspecified atom stereocenters. The maximum Gasteiger partial charge on any atom is 0.313 e. The van der Waals surface area contributed by atoms with Crippen LogP contribution in [0.4, 0.5) is 0 Å². The van der Waals surface area contributed by atoms with Gasteiger partial charge < -0.3 is 19.7 Å². The second kappa shape index (κ2) is 6.09. The van der Waals surface area contributed by atoms with Crippen LogP contribution in [0.3, 0.4) is 0 Å². The Labute approximate surface area is 121 Å². The van der Waals surface area contributed by atoms with E-state index in [2.05, 4.69) is 5.32 Å². The lowest BCUT2D eigenvalue weighted by Crippen LogP contribution is -2.49. The van der Waals surface area contributed by atoms with E-state index in [-0.39, 0.29) is 37.6 Å². The zero-order valence-corrected chi connectivity index (χ0v) is 11.7. The Morgan fingerprint density at radius 2 is 2.29 bits per heavy atom. The van der Waals surface area contributed by atoms with Crippen LogP contribution in [0.1, 0.15) is 13.3 Å². The Bertz CT molecular complexity index is 597. The molecule has 1 saturated heterocycles. The molecule has 0 bridgehead atoms. The third-order valence-corrected chi connectivity index (χ3v) is 3.76. The highest BCUT2D eigenvalue weighted by Gasteiger charge is 2.47. The molecule has 0 spiro atoms. The Kier molecular flexibility index (Phi) is 4.42. The van der Waals surface area contributed by atoms with Crippen LogP contribution in [0.2, 0.25) is 0 Å². The molecule has 1 aliphatic heterocycles. The largest absolute Gasteiger partial charge is 0.481 e. The summed E-state index contributed by atoms with van der Waals surface area (Å²) in [7, 11) is 0. The van der Waals surface area contributed by atoms with E-state index in [0.29, 0.717) is 0 Å². The molecule has 0 saturated carbocycles. The molecule has 1 aliphatic rings. The highest BCUT2D eigenvalue weighted by atomic mass is 16.5. The fraction of sp³-hybridized carbons (Fsp3) is 0.500. The molecule has 0 aliphatic carbocycles. The van der Waals surface area contributed by atoms with Gasteiger partial charge in [-0.05, 0) is 13.0 Å². The zero-order valence-electron chi connectivity index (χ0n) is 11.7. The van der Waals surface area contributed by atoms with Crippen molar-refractivity contribution in [3.63, 3.8) is 0 Å². The molecular formula is C14H18N2O5. The van der Waals surface area contributed by atoms with Gasteiger partial charge in [0.05, 0.1) is 19.3 Å². The average Bonchev–Trinajstić information content (AvgIpc) is 2.81. The lowest BCUT2D eigenvalue weighted by Gasteiger charge is -2.25. The number of hydrogen-bond acceptors (Lipinski definition) is 4. The first kappa shape index (κ1) is 15.2. The van der Waals surface area contributed by atoms with Crippen LogP contribution in [0.15, 0.2) is 29.2 Å². The van der Waals surface area contributed by atoms with Crippen molar-refractivity contribution in [2.24, 2.45) is 5.41 Å². The van der Waals surface area contributed by atoms with Crippen molar-refractivity contribution in [2.45, 2.75) is 25.9 Å². The van der Waals surface area contributed by atoms with Crippen LogP contribution >= 0.6 is 0 Å². The van der Waals surface area contributed by atoms with E-state index in [4.69, 9.17) is 4.74 Å². The number of carboxylic acids is 1. The van der Waals surface area contributed by atoms with Gasteiger partial charge >= 0.3 is 5.97 Å². The summed E-state index contributed by atoms with van der Waals surface area (Å²) in [5, 5.41) is 11.9. The highest BCUT2D eigenvalue weighted by molar-refractivity contribution is 5.80. The minimum atomic E-state index is -1.11. The molecule has 7 nitrogen and oxygen atoms in total. The number of pyridine rings is 1. The number of carbonyl (C=O) groups excluding carboxylic acids is 1. The molecule has 2 N–H and O–H groups in total. The highest BCUT2D eigenvalue weighted by Crippen LogP contribution is 2.28. The zero-order chi connectivity index (χ0) is 15.5. The van der Waals surface area contributed by atoms with E-state index >= 15 is 0 Å². The summed E-state index contributed by atoms with van der Waals surface area (Å²) in [6.45, 7) is 2.06. The summed E-state index contributed by atoms with van der Waals surface area (Å²) in [5.74, 6) is -1.29. The van der Waals surface area contributed by atoms with Crippen molar-refractivity contribution in [3.8, 4) is 0 Å². The van der Waals surface area contributed by atoms with E-state index in [9.17, 15) is 19.5 Å². The summed E-state index contributed by atoms with van der Waals surface area (Å²) < 4.78 is 6.60. The predicted molar refractivity (Wildman–Crippen MR) is 73.8 cm³/mol. The van der Waals surface area contributed by atoms with Crippen molar-refractivity contribution in [1.82, 2.24) is 9.88 Å². The fourth-order valence-corrected chi connectivity index (χ4v) is 2.22. The number of aliphatic carboxylic acids is 1. The maximum absolute atomic E-state index is 11.9. The first-order valence-corrected chi connectivity index (χ1v) is 6.69. The predicted octanol–water partition coefficient (Wildman–Crippen LogP) is -0.156. The van der Waals surface area contributed by atoms with Crippen molar-refractivity contribution in [2.75, 3.05) is 13.2 Å². The van der Waals surface area contributed by atoms with Crippen LogP contribution < -0.4 is 10.9 Å². The van der Waals surface area contributed by atoms with E-state index < -0.39 is 17.4 Å². The van der Waals surface area contributed by atoms with Gasteiger partial charge in [-0.1, -0.05) is 6.07 Å². The SMILES string of the molecule is CC1(C(=O)O)COCC1NC(=O)CCn1ccccc1=O. The number of hydrogen-bond donors (Lipinski definition) is 2. The normalized spacial score (nSPS) is 24.7. The summed E-state index contributed by atoms with van der Waals surface area (Å²) in [5.41, 5.74) is -1.29. The van der Waals surface area contributed by atoms with E-state index in [1.165, 1.54) is 10.6 Å². The second-order valence-corrected chi connectivity index (χ2v) is 5.34. The van der Waals surface area contributed by atoms with Crippen molar-refractivity contribution in [3.05, 3.63) is 34.7 Å². The third-order valence-electron chi connectivity index (χ3n) is 3.76. The molecule has 0 radical (unpaired) electrons. The number of carboxylic acid groups (broad SMARTS) is 1. The van der Waals surface area contributed by atoms with Crippen LogP contribution in [-0.2, 0) is 20.9 Å². The molecule has 114 valence electrons. The molecule has 7 heteroatoms. The smallest absolute Gasteiger partial charge is 0.313 e. The molecule has 2 rings (SSSR count). The number of ether oxygens (including phenoxy) is 1. The van der Waals surface area contributed by atoms with Gasteiger partial charge in [0.15, 0.2) is 0 Å². The van der Waals surface area contributed by atoms with Crippen molar-refractivity contribution < 1.29 is 19.4 Å². The van der Waals surface area contributed by atoms with E-state index in [0.717, 1.165) is 0 Å². The molecular weight excluding hydrogens is 276 g/mol. The Morgan fingerprint density at radius 3 is 2.95 bits per heavy atom. The van der Waals surface area contributed by atoms with Crippen LogP contribution in [0, 0.1) is 5.41 Å². The first-order chi connectivity index (χ1) is 9.93. The molecule has 2 atom stereocenters. The number of nitrogens with zero attached hydrogens (tertiary/aromatic N) is 1. The van der Waals surface area contributed by atoms with Crippen LogP contribution in [0.5, 0.6) is 0 Å². The van der Waals surface area contributed by atoms with Crippen LogP contribution in [-0.4, -0.2) is 40.8 Å². The molecule has 0 aromatic carbocycles. The molecule has 2 heterocycles. The Balaban J connectivity index is 1.92. The fourth-order valence-electron chi connectivity index (χ4n) is 2.22. The molecule has 1 fully saturated rings. The minimum absolute atomic E-state index is 0.0748. The van der Waals surface area contributed by atoms with Gasteiger partial charge in [-0.3, -0.25) is 14.4 Å². The maximum atomic E-state index is 11.9. The van der Waals surface area contributed by atoms with Gasteiger partial charge in [-0.25, -0.2) is 0 Å². The topological polar surface area (TPSA) is 97.6 Å². The van der Waals surface area contributed by atoms with Crippen molar-refractivity contribution >= 4 is 11.9 Å². The van der Waals surface area contributed by atoms with Gasteiger partial charge in [-0.15, -0.1) is 0 Å². The van der Waals surface area contributed by atoms with Crippen molar-refractivity contribution in [1.29, 1.82) is 0 Å².